The second kappa shape index (κ2) is 8.87. The maximum absolute atomic E-state index is 12.8. The van der Waals surface area contributed by atoms with Crippen LogP contribution in [0.5, 0.6) is 11.5 Å². The number of piperidine rings is 1. The Kier molecular flexibility index (Phi) is 6.03. The highest BCUT2D eigenvalue weighted by molar-refractivity contribution is 7.18. The minimum Gasteiger partial charge on any atom is -0.493 e. The van der Waals surface area contributed by atoms with Gasteiger partial charge in [-0.05, 0) is 37.5 Å². The van der Waals surface area contributed by atoms with Gasteiger partial charge in [0.25, 0.3) is 0 Å². The summed E-state index contributed by atoms with van der Waals surface area (Å²) in [6.07, 6.45) is 4.22. The molecule has 0 saturated carbocycles. The lowest BCUT2D eigenvalue weighted by Gasteiger charge is -2.32. The molecule has 0 spiro atoms. The number of fused-ring (bicyclic) bond motifs is 1. The number of carbonyl (C=O) groups is 1. The molecular weight excluding hydrogens is 400 g/mol. The Morgan fingerprint density at radius 1 is 1.17 bits per heavy atom. The third-order valence-corrected chi connectivity index (χ3v) is 6.71. The maximum Gasteiger partial charge on any atom is 0.227 e. The van der Waals surface area contributed by atoms with E-state index in [0.717, 1.165) is 48.4 Å². The van der Waals surface area contributed by atoms with Gasteiger partial charge in [-0.25, -0.2) is 9.97 Å². The van der Waals surface area contributed by atoms with Crippen LogP contribution in [-0.4, -0.2) is 43.2 Å². The van der Waals surface area contributed by atoms with Crippen LogP contribution in [0.15, 0.2) is 30.6 Å². The second-order valence-electron chi connectivity index (χ2n) is 7.30. The van der Waals surface area contributed by atoms with Crippen LogP contribution in [0.25, 0.3) is 10.2 Å². The molecule has 1 aliphatic heterocycles. The van der Waals surface area contributed by atoms with Gasteiger partial charge in [-0.2, -0.15) is 0 Å². The first-order valence-electron chi connectivity index (χ1n) is 10.1. The number of nitrogens with one attached hydrogen (secondary N) is 1. The van der Waals surface area contributed by atoms with Crippen LogP contribution in [-0.2, 0) is 11.2 Å². The van der Waals surface area contributed by atoms with E-state index >= 15 is 0 Å². The molecule has 7 nitrogen and oxygen atoms in total. The zero-order valence-electron chi connectivity index (χ0n) is 17.5. The quantitative estimate of drug-likeness (QED) is 0.639. The highest BCUT2D eigenvalue weighted by Crippen LogP contribution is 2.33. The fraction of sp³-hybridized carbons (Fsp3) is 0.409. The molecule has 4 rings (SSSR count). The second-order valence-corrected chi connectivity index (χ2v) is 8.42. The summed E-state index contributed by atoms with van der Waals surface area (Å²) in [4.78, 5) is 26.4. The smallest absolute Gasteiger partial charge is 0.227 e. The van der Waals surface area contributed by atoms with Crippen LogP contribution in [0.1, 0.15) is 24.6 Å². The number of benzene rings is 1. The third-order valence-electron chi connectivity index (χ3n) is 5.52. The minimum atomic E-state index is -0.0275. The number of nitrogens with zero attached hydrogens (tertiary/aromatic N) is 3. The first-order chi connectivity index (χ1) is 14.6. The molecular formula is C22H26N4O3S. The van der Waals surface area contributed by atoms with Crippen LogP contribution >= 0.6 is 11.3 Å². The summed E-state index contributed by atoms with van der Waals surface area (Å²) in [7, 11) is 3.18. The fourth-order valence-corrected chi connectivity index (χ4v) is 4.76. The SMILES string of the molecule is CCc1cc2c(N3CCC(C(=O)Nc4ccc(OC)c(OC)c4)CC3)ncnc2s1. The summed E-state index contributed by atoms with van der Waals surface area (Å²) >= 11 is 1.73. The van der Waals surface area contributed by atoms with E-state index < -0.39 is 0 Å². The first kappa shape index (κ1) is 20.4. The lowest BCUT2D eigenvalue weighted by atomic mass is 9.95. The van der Waals surface area contributed by atoms with Gasteiger partial charge in [-0.15, -0.1) is 11.3 Å². The molecule has 2 aromatic heterocycles. The Morgan fingerprint density at radius 2 is 1.93 bits per heavy atom. The van der Waals surface area contributed by atoms with Crippen molar-refractivity contribution in [2.75, 3.05) is 37.5 Å². The van der Waals surface area contributed by atoms with E-state index in [1.54, 1.807) is 44.0 Å². The summed E-state index contributed by atoms with van der Waals surface area (Å²) in [6.45, 7) is 3.75. The van der Waals surface area contributed by atoms with Crippen molar-refractivity contribution in [1.82, 2.24) is 9.97 Å². The van der Waals surface area contributed by atoms with Crippen molar-refractivity contribution in [3.05, 3.63) is 35.5 Å². The van der Waals surface area contributed by atoms with Crippen molar-refractivity contribution in [1.29, 1.82) is 0 Å². The van der Waals surface area contributed by atoms with Gasteiger partial charge in [-0.3, -0.25) is 4.79 Å². The molecule has 1 saturated heterocycles. The molecule has 1 amide bonds. The van der Waals surface area contributed by atoms with Crippen molar-refractivity contribution in [2.24, 2.45) is 5.92 Å². The van der Waals surface area contributed by atoms with Gasteiger partial charge in [0.15, 0.2) is 11.5 Å². The number of aromatic nitrogens is 2. The Bertz CT molecular complexity index is 1040. The molecule has 1 fully saturated rings. The Hall–Kier alpha value is -2.87. The number of ether oxygens (including phenoxy) is 2. The Morgan fingerprint density at radius 3 is 2.63 bits per heavy atom. The number of hydrogen-bond donors (Lipinski definition) is 1. The van der Waals surface area contributed by atoms with Gasteiger partial charge in [0.1, 0.15) is 17.0 Å². The molecule has 158 valence electrons. The normalized spacial score (nSPS) is 14.7. The molecule has 0 unspecified atom stereocenters. The predicted octanol–water partition coefficient (Wildman–Crippen LogP) is 4.13. The van der Waals surface area contributed by atoms with E-state index in [9.17, 15) is 4.79 Å². The van der Waals surface area contributed by atoms with Crippen LogP contribution in [0, 0.1) is 5.92 Å². The van der Waals surface area contributed by atoms with E-state index in [1.165, 1.54) is 4.88 Å². The topological polar surface area (TPSA) is 76.6 Å². The van der Waals surface area contributed by atoms with Crippen LogP contribution < -0.4 is 19.7 Å². The fourth-order valence-electron chi connectivity index (χ4n) is 3.83. The molecule has 0 atom stereocenters. The zero-order valence-corrected chi connectivity index (χ0v) is 18.3. The molecule has 8 heteroatoms. The summed E-state index contributed by atoms with van der Waals surface area (Å²) in [5, 5.41) is 4.13. The number of hydrogen-bond acceptors (Lipinski definition) is 7. The summed E-state index contributed by atoms with van der Waals surface area (Å²) in [5.74, 6) is 2.23. The monoisotopic (exact) mass is 426 g/mol. The van der Waals surface area contributed by atoms with Crippen molar-refractivity contribution in [3.8, 4) is 11.5 Å². The van der Waals surface area contributed by atoms with E-state index in [4.69, 9.17) is 9.47 Å². The Balaban J connectivity index is 1.41. The molecule has 3 aromatic rings. The molecule has 1 aliphatic rings. The molecule has 30 heavy (non-hydrogen) atoms. The van der Waals surface area contributed by atoms with Gasteiger partial charge < -0.3 is 19.7 Å². The molecule has 1 N–H and O–H groups in total. The van der Waals surface area contributed by atoms with Crippen molar-refractivity contribution in [3.63, 3.8) is 0 Å². The molecule has 1 aromatic carbocycles. The van der Waals surface area contributed by atoms with E-state index in [-0.39, 0.29) is 11.8 Å². The van der Waals surface area contributed by atoms with Crippen LogP contribution in [0.2, 0.25) is 0 Å². The predicted molar refractivity (Wildman–Crippen MR) is 120 cm³/mol. The number of rotatable bonds is 6. The number of amides is 1. The van der Waals surface area contributed by atoms with Gasteiger partial charge in [0, 0.05) is 35.6 Å². The number of anilines is 2. The van der Waals surface area contributed by atoms with Crippen molar-refractivity contribution < 1.29 is 14.3 Å². The van der Waals surface area contributed by atoms with Crippen LogP contribution in [0.3, 0.4) is 0 Å². The van der Waals surface area contributed by atoms with Crippen molar-refractivity contribution in [2.45, 2.75) is 26.2 Å². The van der Waals surface area contributed by atoms with E-state index in [1.807, 2.05) is 6.07 Å². The highest BCUT2D eigenvalue weighted by atomic mass is 32.1. The summed E-state index contributed by atoms with van der Waals surface area (Å²) in [6, 6.07) is 7.60. The summed E-state index contributed by atoms with van der Waals surface area (Å²) < 4.78 is 10.6. The van der Waals surface area contributed by atoms with Gasteiger partial charge in [0.05, 0.1) is 19.6 Å². The third kappa shape index (κ3) is 4.05. The van der Waals surface area contributed by atoms with Gasteiger partial charge in [0.2, 0.25) is 5.91 Å². The Labute approximate surface area is 180 Å². The standard InChI is InChI=1S/C22H26N4O3S/c1-4-16-12-17-20(23-13-24-22(17)30-16)26-9-7-14(8-10-26)21(27)25-15-5-6-18(28-2)19(11-15)29-3/h5-6,11-14H,4,7-10H2,1-3H3,(H,25,27). The van der Waals surface area contributed by atoms with Crippen LogP contribution in [0.4, 0.5) is 11.5 Å². The van der Waals surface area contributed by atoms with E-state index in [2.05, 4.69) is 33.2 Å². The highest BCUT2D eigenvalue weighted by Gasteiger charge is 2.27. The number of aryl methyl sites for hydroxylation is 1. The molecule has 0 bridgehead atoms. The number of thiophene rings is 1. The molecule has 0 aliphatic carbocycles. The average Bonchev–Trinajstić information content (AvgIpc) is 3.22. The zero-order chi connectivity index (χ0) is 21.1. The first-order valence-corrected chi connectivity index (χ1v) is 11.0. The molecule has 0 radical (unpaired) electrons. The van der Waals surface area contributed by atoms with Gasteiger partial charge in [-0.1, -0.05) is 6.92 Å². The lowest BCUT2D eigenvalue weighted by Crippen LogP contribution is -2.38. The average molecular weight is 427 g/mol. The largest absolute Gasteiger partial charge is 0.493 e. The summed E-state index contributed by atoms with van der Waals surface area (Å²) in [5.41, 5.74) is 0.711. The number of methoxy groups -OCH3 is 2. The minimum absolute atomic E-state index is 0.0275. The lowest BCUT2D eigenvalue weighted by molar-refractivity contribution is -0.120. The maximum atomic E-state index is 12.8. The molecule has 3 heterocycles. The van der Waals surface area contributed by atoms with E-state index in [0.29, 0.717) is 17.2 Å². The number of carbonyl (C=O) groups excluding carboxylic acids is 1. The van der Waals surface area contributed by atoms with Crippen molar-refractivity contribution >= 4 is 39.0 Å². The van der Waals surface area contributed by atoms with Gasteiger partial charge >= 0.3 is 0 Å².